The van der Waals surface area contributed by atoms with Gasteiger partial charge < -0.3 is 0 Å². The van der Waals surface area contributed by atoms with Crippen molar-refractivity contribution in [2.75, 3.05) is 0 Å². The number of hydrogen-bond donors (Lipinski definition) is 0. The van der Waals surface area contributed by atoms with Crippen LogP contribution in [-0.4, -0.2) is 0 Å². The fourth-order valence-electron chi connectivity index (χ4n) is 3.83. The quantitative estimate of drug-likeness (QED) is 0.181. The maximum atomic E-state index is 2.46. The molecule has 0 saturated heterocycles. The molecular weight excluding hydrogens is 820 g/mol. The predicted molar refractivity (Wildman–Crippen MR) is 163 cm³/mol. The highest BCUT2D eigenvalue weighted by atomic mass is 127. The molecule has 0 aliphatic carbocycles. The van der Waals surface area contributed by atoms with E-state index in [1.54, 1.807) is 0 Å². The first kappa shape index (κ1) is 23.0. The Labute approximate surface area is 232 Å². The van der Waals surface area contributed by atoms with E-state index in [0.717, 1.165) is 0 Å². The van der Waals surface area contributed by atoms with Crippen molar-refractivity contribution in [1.29, 1.82) is 0 Å². The van der Waals surface area contributed by atoms with Gasteiger partial charge in [0.05, 0.1) is 0 Å². The van der Waals surface area contributed by atoms with Gasteiger partial charge in [0, 0.05) is 19.8 Å². The fourth-order valence-corrected chi connectivity index (χ4v) is 7.85. The lowest BCUT2D eigenvalue weighted by Gasteiger charge is -2.17. The topological polar surface area (TPSA) is 0 Å². The van der Waals surface area contributed by atoms with Gasteiger partial charge in [0.25, 0.3) is 0 Å². The van der Waals surface area contributed by atoms with Crippen LogP contribution in [0.25, 0.3) is 33.4 Å². The summed E-state index contributed by atoms with van der Waals surface area (Å²) in [5.74, 6) is 0. The predicted octanol–water partition coefficient (Wildman–Crippen LogP) is 9.72. The van der Waals surface area contributed by atoms with Crippen LogP contribution in [0.1, 0.15) is 11.1 Å². The van der Waals surface area contributed by atoms with Crippen LogP contribution in [0.15, 0.2) is 72.8 Å². The standard InChI is InChI=1S/C26H18I4/c1-15-6-3-8-20(27)24(15)17-12-18(25-16(2)7-4-9-21(25)28)14-19(13-17)26-22(29)10-5-11-23(26)30/h3-14H,1-2H3. The monoisotopic (exact) mass is 838 g/mol. The molecule has 0 unspecified atom stereocenters. The van der Waals surface area contributed by atoms with Crippen molar-refractivity contribution < 1.29 is 0 Å². The minimum absolute atomic E-state index is 1.27. The molecule has 4 aromatic carbocycles. The van der Waals surface area contributed by atoms with Crippen molar-refractivity contribution >= 4 is 90.4 Å². The number of aryl methyl sites for hydroxylation is 2. The number of halogens is 4. The number of benzene rings is 4. The molecule has 0 radical (unpaired) electrons. The summed E-state index contributed by atoms with van der Waals surface area (Å²) < 4.78 is 5.13. The number of rotatable bonds is 3. The molecule has 4 aromatic rings. The smallest absolute Gasteiger partial charge is 0.0219 e. The molecule has 0 atom stereocenters. The van der Waals surface area contributed by atoms with Crippen LogP contribution in [0.3, 0.4) is 0 Å². The Bertz CT molecular complexity index is 1030. The van der Waals surface area contributed by atoms with Gasteiger partial charge in [-0.1, -0.05) is 30.3 Å². The van der Waals surface area contributed by atoms with E-state index in [9.17, 15) is 0 Å². The summed E-state index contributed by atoms with van der Waals surface area (Å²) in [7, 11) is 0. The molecule has 0 bridgehead atoms. The Balaban J connectivity index is 2.08. The lowest BCUT2D eigenvalue weighted by molar-refractivity contribution is 1.41. The Hall–Kier alpha value is -0.200. The molecule has 0 aromatic heterocycles. The molecular formula is C26H18I4. The minimum atomic E-state index is 1.27. The van der Waals surface area contributed by atoms with Crippen LogP contribution in [-0.2, 0) is 0 Å². The van der Waals surface area contributed by atoms with E-state index < -0.39 is 0 Å². The van der Waals surface area contributed by atoms with Gasteiger partial charge in [0.2, 0.25) is 0 Å². The van der Waals surface area contributed by atoms with Gasteiger partial charge in [-0.05, 0) is 186 Å². The first-order valence-electron chi connectivity index (χ1n) is 9.47. The SMILES string of the molecule is Cc1cccc(I)c1-c1cc(-c2c(C)cccc2I)cc(-c2c(I)cccc2I)c1. The highest BCUT2D eigenvalue weighted by Gasteiger charge is 2.16. The van der Waals surface area contributed by atoms with Crippen LogP contribution in [0, 0.1) is 28.1 Å². The van der Waals surface area contributed by atoms with E-state index >= 15 is 0 Å². The van der Waals surface area contributed by atoms with Gasteiger partial charge in [-0.15, -0.1) is 0 Å². The highest BCUT2D eigenvalue weighted by Crippen LogP contribution is 2.40. The molecule has 4 rings (SSSR count). The molecule has 0 spiro atoms. The first-order valence-corrected chi connectivity index (χ1v) is 13.8. The van der Waals surface area contributed by atoms with E-state index in [0.29, 0.717) is 0 Å². The van der Waals surface area contributed by atoms with Crippen molar-refractivity contribution in [3.8, 4) is 33.4 Å². The molecule has 0 amide bonds. The van der Waals surface area contributed by atoms with Gasteiger partial charge in [0.15, 0.2) is 0 Å². The van der Waals surface area contributed by atoms with Crippen molar-refractivity contribution in [3.63, 3.8) is 0 Å². The molecule has 4 heteroatoms. The lowest BCUT2D eigenvalue weighted by atomic mass is 9.90. The summed E-state index contributed by atoms with van der Waals surface area (Å²) >= 11 is 9.85. The zero-order valence-corrected chi connectivity index (χ0v) is 25.1. The Kier molecular flexibility index (Phi) is 7.46. The Morgan fingerprint density at radius 1 is 0.433 bits per heavy atom. The highest BCUT2D eigenvalue weighted by molar-refractivity contribution is 14.1. The third kappa shape index (κ3) is 4.61. The van der Waals surface area contributed by atoms with Crippen LogP contribution in [0.4, 0.5) is 0 Å². The molecule has 0 fully saturated rings. The molecule has 30 heavy (non-hydrogen) atoms. The molecule has 0 N–H and O–H groups in total. The van der Waals surface area contributed by atoms with Crippen molar-refractivity contribution in [1.82, 2.24) is 0 Å². The van der Waals surface area contributed by atoms with Crippen LogP contribution < -0.4 is 0 Å². The van der Waals surface area contributed by atoms with Gasteiger partial charge >= 0.3 is 0 Å². The van der Waals surface area contributed by atoms with Crippen molar-refractivity contribution in [3.05, 3.63) is 98.2 Å². The van der Waals surface area contributed by atoms with Crippen LogP contribution in [0.2, 0.25) is 0 Å². The summed E-state index contributed by atoms with van der Waals surface area (Å²) in [5.41, 5.74) is 10.4. The Morgan fingerprint density at radius 2 is 0.733 bits per heavy atom. The molecule has 0 heterocycles. The average molecular weight is 838 g/mol. The van der Waals surface area contributed by atoms with Gasteiger partial charge in [-0.25, -0.2) is 0 Å². The maximum absolute atomic E-state index is 2.46. The zero-order valence-electron chi connectivity index (χ0n) is 16.4. The summed E-state index contributed by atoms with van der Waals surface area (Å²) in [6, 6.07) is 26.7. The normalized spacial score (nSPS) is 11.0. The Morgan fingerprint density at radius 3 is 1.10 bits per heavy atom. The zero-order chi connectivity index (χ0) is 21.4. The molecule has 0 nitrogen and oxygen atoms in total. The van der Waals surface area contributed by atoms with Crippen LogP contribution in [0.5, 0.6) is 0 Å². The molecule has 0 saturated carbocycles. The largest absolute Gasteiger partial charge is 0.0609 e. The first-order chi connectivity index (χ1) is 14.4. The molecule has 150 valence electrons. The van der Waals surface area contributed by atoms with E-state index in [4.69, 9.17) is 0 Å². The number of hydrogen-bond acceptors (Lipinski definition) is 0. The third-order valence-corrected chi connectivity index (χ3v) is 8.80. The van der Waals surface area contributed by atoms with Gasteiger partial charge in [0.1, 0.15) is 0 Å². The third-order valence-electron chi connectivity index (χ3n) is 5.21. The summed E-state index contributed by atoms with van der Waals surface area (Å²) in [4.78, 5) is 0. The van der Waals surface area contributed by atoms with E-state index in [2.05, 4.69) is 177 Å². The van der Waals surface area contributed by atoms with E-state index in [1.165, 1.54) is 58.8 Å². The van der Waals surface area contributed by atoms with E-state index in [-0.39, 0.29) is 0 Å². The lowest BCUT2D eigenvalue weighted by Crippen LogP contribution is -1.95. The van der Waals surface area contributed by atoms with E-state index in [1.807, 2.05) is 0 Å². The second-order valence-corrected chi connectivity index (χ2v) is 11.9. The van der Waals surface area contributed by atoms with Gasteiger partial charge in [-0.2, -0.15) is 0 Å². The van der Waals surface area contributed by atoms with Gasteiger partial charge in [-0.3, -0.25) is 0 Å². The van der Waals surface area contributed by atoms with Crippen molar-refractivity contribution in [2.24, 2.45) is 0 Å². The minimum Gasteiger partial charge on any atom is -0.0609 e. The second kappa shape index (κ2) is 9.74. The molecule has 0 aliphatic heterocycles. The summed E-state index contributed by atoms with van der Waals surface area (Å²) in [5, 5.41) is 0. The summed E-state index contributed by atoms with van der Waals surface area (Å²) in [6.45, 7) is 4.41. The molecule has 0 aliphatic rings. The second-order valence-electron chi connectivity index (χ2n) is 7.26. The summed E-state index contributed by atoms with van der Waals surface area (Å²) in [6.07, 6.45) is 0. The van der Waals surface area contributed by atoms with Crippen molar-refractivity contribution in [2.45, 2.75) is 13.8 Å². The average Bonchev–Trinajstić information content (AvgIpc) is 2.67. The fraction of sp³-hybridized carbons (Fsp3) is 0.0769. The maximum Gasteiger partial charge on any atom is 0.0219 e. The van der Waals surface area contributed by atoms with Crippen LogP contribution >= 0.6 is 90.4 Å².